The highest BCUT2D eigenvalue weighted by molar-refractivity contribution is 7.09. The van der Waals surface area contributed by atoms with Crippen molar-refractivity contribution < 1.29 is 4.79 Å². The Morgan fingerprint density at radius 3 is 2.89 bits per heavy atom. The zero-order chi connectivity index (χ0) is 13.4. The maximum atomic E-state index is 11.9. The van der Waals surface area contributed by atoms with E-state index in [1.807, 2.05) is 30.0 Å². The second-order valence-electron chi connectivity index (χ2n) is 4.99. The number of aryl methyl sites for hydroxylation is 1. The molecule has 1 amide bonds. The van der Waals surface area contributed by atoms with Crippen LogP contribution in [0.5, 0.6) is 0 Å². The first-order valence-corrected chi connectivity index (χ1v) is 7.31. The van der Waals surface area contributed by atoms with E-state index < -0.39 is 0 Å². The van der Waals surface area contributed by atoms with E-state index in [0.29, 0.717) is 5.92 Å². The van der Waals surface area contributed by atoms with E-state index in [2.05, 4.69) is 16.4 Å². The third-order valence-electron chi connectivity index (χ3n) is 3.52. The highest BCUT2D eigenvalue weighted by Gasteiger charge is 2.28. The molecule has 1 unspecified atom stereocenters. The van der Waals surface area contributed by atoms with Crippen molar-refractivity contribution in [1.29, 1.82) is 0 Å². The number of amides is 1. The molecule has 0 N–H and O–H groups in total. The molecule has 0 radical (unpaired) electrons. The number of benzene rings is 1. The molecule has 1 aromatic heterocycles. The highest BCUT2D eigenvalue weighted by Crippen LogP contribution is 2.35. The molecule has 98 valence electrons. The van der Waals surface area contributed by atoms with E-state index >= 15 is 0 Å². The van der Waals surface area contributed by atoms with Crippen LogP contribution in [0.15, 0.2) is 29.6 Å². The normalized spacial score (nSPS) is 18.2. The molecule has 0 aliphatic carbocycles. The molecule has 2 heterocycles. The molecule has 1 aliphatic rings. The van der Waals surface area contributed by atoms with Gasteiger partial charge in [-0.3, -0.25) is 4.79 Å². The topological polar surface area (TPSA) is 33.2 Å². The molecule has 1 aromatic carbocycles. The monoisotopic (exact) mass is 272 g/mol. The Kier molecular flexibility index (Phi) is 3.11. The van der Waals surface area contributed by atoms with Crippen molar-refractivity contribution in [2.75, 3.05) is 11.4 Å². The molecule has 0 saturated carbocycles. The summed E-state index contributed by atoms with van der Waals surface area (Å²) in [5, 5.41) is 3.21. The van der Waals surface area contributed by atoms with Crippen LogP contribution in [0.2, 0.25) is 0 Å². The van der Waals surface area contributed by atoms with Crippen molar-refractivity contribution in [2.45, 2.75) is 26.2 Å². The van der Waals surface area contributed by atoms with E-state index in [1.54, 1.807) is 18.3 Å². The summed E-state index contributed by atoms with van der Waals surface area (Å²) in [6.07, 6.45) is 0.965. The summed E-state index contributed by atoms with van der Waals surface area (Å²) < 4.78 is 0. The number of fused-ring (bicyclic) bond motifs is 1. The fraction of sp³-hybridized carbons (Fsp3) is 0.333. The van der Waals surface area contributed by atoms with Crippen molar-refractivity contribution >= 4 is 22.9 Å². The number of hydrogen-bond donors (Lipinski definition) is 0. The van der Waals surface area contributed by atoms with Gasteiger partial charge in [-0.1, -0.05) is 18.2 Å². The van der Waals surface area contributed by atoms with Gasteiger partial charge < -0.3 is 4.90 Å². The Morgan fingerprint density at radius 2 is 2.21 bits per heavy atom. The van der Waals surface area contributed by atoms with E-state index in [9.17, 15) is 4.79 Å². The molecule has 0 bridgehead atoms. The number of anilines is 1. The SMILES string of the molecule is CC(=O)N1CC(c2nc(C)cs2)Cc2ccccc21. The van der Waals surface area contributed by atoms with E-state index in [0.717, 1.165) is 29.4 Å². The van der Waals surface area contributed by atoms with Crippen molar-refractivity contribution in [3.05, 3.63) is 45.9 Å². The largest absolute Gasteiger partial charge is 0.312 e. The van der Waals surface area contributed by atoms with Gasteiger partial charge in [-0.15, -0.1) is 11.3 Å². The van der Waals surface area contributed by atoms with Gasteiger partial charge in [0.05, 0.1) is 5.01 Å². The molecule has 1 aliphatic heterocycles. The minimum Gasteiger partial charge on any atom is -0.312 e. The molecule has 2 aromatic rings. The molecule has 4 heteroatoms. The second-order valence-corrected chi connectivity index (χ2v) is 5.88. The summed E-state index contributed by atoms with van der Waals surface area (Å²) >= 11 is 1.70. The molecular formula is C15H16N2OS. The second kappa shape index (κ2) is 4.78. The summed E-state index contributed by atoms with van der Waals surface area (Å²) in [6.45, 7) is 4.38. The molecule has 3 rings (SSSR count). The molecule has 0 saturated heterocycles. The van der Waals surface area contributed by atoms with E-state index in [4.69, 9.17) is 0 Å². The molecule has 19 heavy (non-hydrogen) atoms. The minimum absolute atomic E-state index is 0.102. The Labute approximate surface area is 116 Å². The predicted molar refractivity (Wildman–Crippen MR) is 77.8 cm³/mol. The molecule has 0 spiro atoms. The van der Waals surface area contributed by atoms with Gasteiger partial charge in [-0.2, -0.15) is 0 Å². The van der Waals surface area contributed by atoms with Crippen LogP contribution in [0.4, 0.5) is 5.69 Å². The van der Waals surface area contributed by atoms with Gasteiger partial charge in [0.15, 0.2) is 0 Å². The van der Waals surface area contributed by atoms with Crippen molar-refractivity contribution in [3.8, 4) is 0 Å². The lowest BCUT2D eigenvalue weighted by Gasteiger charge is -2.33. The average Bonchev–Trinajstić information content (AvgIpc) is 2.84. The zero-order valence-corrected chi connectivity index (χ0v) is 11.9. The Bertz CT molecular complexity index is 620. The number of carbonyl (C=O) groups is 1. The van der Waals surface area contributed by atoms with Gasteiger partial charge in [-0.25, -0.2) is 4.98 Å². The molecule has 3 nitrogen and oxygen atoms in total. The standard InChI is InChI=1S/C15H16N2OS/c1-10-9-19-15(16-10)13-7-12-5-3-4-6-14(12)17(8-13)11(2)18/h3-6,9,13H,7-8H2,1-2H3. The lowest BCUT2D eigenvalue weighted by molar-refractivity contribution is -0.116. The number of rotatable bonds is 1. The number of para-hydroxylation sites is 1. The molecular weight excluding hydrogens is 256 g/mol. The van der Waals surface area contributed by atoms with Crippen molar-refractivity contribution in [3.63, 3.8) is 0 Å². The van der Waals surface area contributed by atoms with Gasteiger partial charge >= 0.3 is 0 Å². The Balaban J connectivity index is 1.99. The van der Waals surface area contributed by atoms with Crippen LogP contribution >= 0.6 is 11.3 Å². The number of thiazole rings is 1. The molecule has 1 atom stereocenters. The predicted octanol–water partition coefficient (Wildman–Crippen LogP) is 3.14. The van der Waals surface area contributed by atoms with Gasteiger partial charge in [0, 0.05) is 36.1 Å². The first-order chi connectivity index (χ1) is 9.15. The first kappa shape index (κ1) is 12.4. The van der Waals surface area contributed by atoms with Crippen LogP contribution in [-0.4, -0.2) is 17.4 Å². The van der Waals surface area contributed by atoms with Crippen LogP contribution in [0, 0.1) is 6.92 Å². The van der Waals surface area contributed by atoms with Crippen LogP contribution in [0.1, 0.15) is 29.1 Å². The van der Waals surface area contributed by atoms with E-state index in [1.165, 1.54) is 5.56 Å². The lowest BCUT2D eigenvalue weighted by Crippen LogP contribution is -2.37. The quantitative estimate of drug-likeness (QED) is 0.799. The smallest absolute Gasteiger partial charge is 0.223 e. The summed E-state index contributed by atoms with van der Waals surface area (Å²) in [7, 11) is 0. The minimum atomic E-state index is 0.102. The molecule has 0 fully saturated rings. The third kappa shape index (κ3) is 2.28. The first-order valence-electron chi connectivity index (χ1n) is 6.43. The summed E-state index contributed by atoms with van der Waals surface area (Å²) in [5.74, 6) is 0.419. The van der Waals surface area contributed by atoms with Gasteiger partial charge in [0.1, 0.15) is 0 Å². The van der Waals surface area contributed by atoms with Gasteiger partial charge in [0.2, 0.25) is 5.91 Å². The zero-order valence-electron chi connectivity index (χ0n) is 11.1. The lowest BCUT2D eigenvalue weighted by atomic mass is 9.93. The highest BCUT2D eigenvalue weighted by atomic mass is 32.1. The Morgan fingerprint density at radius 1 is 1.42 bits per heavy atom. The van der Waals surface area contributed by atoms with Crippen molar-refractivity contribution in [1.82, 2.24) is 4.98 Å². The average molecular weight is 272 g/mol. The van der Waals surface area contributed by atoms with Crippen LogP contribution in [-0.2, 0) is 11.2 Å². The van der Waals surface area contributed by atoms with Crippen molar-refractivity contribution in [2.24, 2.45) is 0 Å². The fourth-order valence-corrected chi connectivity index (χ4v) is 3.51. The van der Waals surface area contributed by atoms with Gasteiger partial charge in [-0.05, 0) is 25.0 Å². The maximum Gasteiger partial charge on any atom is 0.223 e. The van der Waals surface area contributed by atoms with E-state index in [-0.39, 0.29) is 5.91 Å². The van der Waals surface area contributed by atoms with Gasteiger partial charge in [0.25, 0.3) is 0 Å². The summed E-state index contributed by atoms with van der Waals surface area (Å²) in [4.78, 5) is 18.3. The number of hydrogen-bond acceptors (Lipinski definition) is 3. The number of carbonyl (C=O) groups excluding carboxylic acids is 1. The van der Waals surface area contributed by atoms with Crippen LogP contribution in [0.3, 0.4) is 0 Å². The summed E-state index contributed by atoms with van der Waals surface area (Å²) in [6, 6.07) is 8.16. The number of nitrogens with zero attached hydrogens (tertiary/aromatic N) is 2. The fourth-order valence-electron chi connectivity index (χ4n) is 2.62. The Hall–Kier alpha value is -1.68. The number of aromatic nitrogens is 1. The summed E-state index contributed by atoms with van der Waals surface area (Å²) in [5.41, 5.74) is 3.36. The van der Waals surface area contributed by atoms with Crippen LogP contribution in [0.25, 0.3) is 0 Å². The third-order valence-corrected chi connectivity index (χ3v) is 4.64. The van der Waals surface area contributed by atoms with Crippen LogP contribution < -0.4 is 4.90 Å². The maximum absolute atomic E-state index is 11.9.